The van der Waals surface area contributed by atoms with Gasteiger partial charge in [-0.25, -0.2) is 0 Å². The van der Waals surface area contributed by atoms with Gasteiger partial charge in [0.15, 0.2) is 0 Å². The van der Waals surface area contributed by atoms with Gasteiger partial charge in [0, 0.05) is 31.5 Å². The van der Waals surface area contributed by atoms with Gasteiger partial charge < -0.3 is 20.1 Å². The fraction of sp³-hybridized carbons (Fsp3) is 0.286. The van der Waals surface area contributed by atoms with E-state index in [1.165, 1.54) is 11.1 Å². The Labute approximate surface area is 199 Å². The first kappa shape index (κ1) is 22.0. The minimum Gasteiger partial charge on any atom is -0.494 e. The lowest BCUT2D eigenvalue weighted by Crippen LogP contribution is -2.23. The van der Waals surface area contributed by atoms with Crippen LogP contribution in [0.1, 0.15) is 36.0 Å². The predicted molar refractivity (Wildman–Crippen MR) is 131 cm³/mol. The number of hydrogen-bond donors (Lipinski definition) is 2. The molecular formula is C28H28N2O4. The molecule has 0 radical (unpaired) electrons. The monoisotopic (exact) mass is 456 g/mol. The summed E-state index contributed by atoms with van der Waals surface area (Å²) in [6, 6.07) is 20.3. The number of ether oxygens (including phenoxy) is 2. The maximum Gasteiger partial charge on any atom is 0.224 e. The van der Waals surface area contributed by atoms with E-state index in [2.05, 4.69) is 47.0 Å². The van der Waals surface area contributed by atoms with Crippen LogP contribution in [-0.4, -0.2) is 25.0 Å². The van der Waals surface area contributed by atoms with E-state index in [0.717, 1.165) is 53.3 Å². The fourth-order valence-corrected chi connectivity index (χ4v) is 4.34. The van der Waals surface area contributed by atoms with Crippen LogP contribution in [0.4, 0.5) is 5.69 Å². The number of anilines is 1. The van der Waals surface area contributed by atoms with Crippen molar-refractivity contribution in [2.75, 3.05) is 18.5 Å². The molecule has 3 aromatic rings. The molecule has 34 heavy (non-hydrogen) atoms. The average molecular weight is 457 g/mol. The summed E-state index contributed by atoms with van der Waals surface area (Å²) in [4.78, 5) is 23.7. The molecule has 0 atom stereocenters. The first-order chi connectivity index (χ1) is 16.6. The molecular weight excluding hydrogens is 428 g/mol. The van der Waals surface area contributed by atoms with Crippen molar-refractivity contribution >= 4 is 17.5 Å². The first-order valence-corrected chi connectivity index (χ1v) is 11.8. The minimum atomic E-state index is 0.0134. The van der Waals surface area contributed by atoms with Crippen molar-refractivity contribution in [2.24, 2.45) is 0 Å². The number of hydrogen-bond acceptors (Lipinski definition) is 4. The zero-order valence-corrected chi connectivity index (χ0v) is 19.1. The van der Waals surface area contributed by atoms with Crippen molar-refractivity contribution in [3.05, 3.63) is 77.4 Å². The van der Waals surface area contributed by atoms with Crippen molar-refractivity contribution in [3.63, 3.8) is 0 Å². The zero-order valence-electron chi connectivity index (χ0n) is 19.1. The summed E-state index contributed by atoms with van der Waals surface area (Å²) in [5.74, 6) is 1.83. The van der Waals surface area contributed by atoms with Crippen LogP contribution in [0, 0.1) is 0 Å². The van der Waals surface area contributed by atoms with Crippen LogP contribution in [-0.2, 0) is 29.0 Å². The van der Waals surface area contributed by atoms with Crippen molar-refractivity contribution in [1.82, 2.24) is 5.32 Å². The molecule has 0 spiro atoms. The highest BCUT2D eigenvalue weighted by Gasteiger charge is 2.15. The Balaban J connectivity index is 1.04. The second-order valence-corrected chi connectivity index (χ2v) is 8.71. The number of carbonyl (C=O) groups excluding carboxylic acids is 2. The molecule has 5 rings (SSSR count). The Morgan fingerprint density at radius 2 is 1.79 bits per heavy atom. The van der Waals surface area contributed by atoms with Gasteiger partial charge in [0.25, 0.3) is 0 Å². The van der Waals surface area contributed by atoms with Crippen LogP contribution in [0.25, 0.3) is 11.1 Å². The van der Waals surface area contributed by atoms with E-state index >= 15 is 0 Å². The molecule has 0 aliphatic carbocycles. The third-order valence-corrected chi connectivity index (χ3v) is 6.26. The van der Waals surface area contributed by atoms with Gasteiger partial charge in [0.1, 0.15) is 11.5 Å². The lowest BCUT2D eigenvalue weighted by atomic mass is 10.0. The van der Waals surface area contributed by atoms with Gasteiger partial charge in [-0.15, -0.1) is 0 Å². The first-order valence-electron chi connectivity index (χ1n) is 11.8. The van der Waals surface area contributed by atoms with Crippen LogP contribution < -0.4 is 20.1 Å². The molecule has 0 saturated carbocycles. The molecule has 2 amide bonds. The fourth-order valence-electron chi connectivity index (χ4n) is 4.34. The molecule has 0 aromatic heterocycles. The zero-order chi connectivity index (χ0) is 23.3. The average Bonchev–Trinajstić information content (AvgIpc) is 3.34. The Bertz CT molecular complexity index is 1200. The Kier molecular flexibility index (Phi) is 6.47. The smallest absolute Gasteiger partial charge is 0.224 e. The summed E-state index contributed by atoms with van der Waals surface area (Å²) in [5, 5.41) is 5.85. The van der Waals surface area contributed by atoms with Crippen LogP contribution in [0.2, 0.25) is 0 Å². The molecule has 2 N–H and O–H groups in total. The Hall–Kier alpha value is -3.80. The highest BCUT2D eigenvalue weighted by atomic mass is 16.5. The van der Waals surface area contributed by atoms with Crippen LogP contribution in [0.5, 0.6) is 11.5 Å². The highest BCUT2D eigenvalue weighted by Crippen LogP contribution is 2.30. The third kappa shape index (κ3) is 5.22. The van der Waals surface area contributed by atoms with E-state index < -0.39 is 0 Å². The summed E-state index contributed by atoms with van der Waals surface area (Å²) in [7, 11) is 0. The molecule has 0 unspecified atom stereocenters. The molecule has 0 fully saturated rings. The summed E-state index contributed by atoms with van der Waals surface area (Å²) in [6.45, 7) is 1.74. The van der Waals surface area contributed by atoms with Crippen LogP contribution >= 0.6 is 0 Å². The van der Waals surface area contributed by atoms with Crippen LogP contribution in [0.15, 0.2) is 60.7 Å². The molecule has 2 heterocycles. The molecule has 3 aromatic carbocycles. The second kappa shape index (κ2) is 10.00. The quantitative estimate of drug-likeness (QED) is 0.484. The van der Waals surface area contributed by atoms with Gasteiger partial charge in [-0.05, 0) is 71.0 Å². The standard InChI is InChI=1S/C28H28N2O4/c31-27(2-1-14-33-24-9-10-25-22(17-24)8-12-28(32)30-25)29-18-19-3-5-20(6-4-19)21-7-11-26-23(16-21)13-15-34-26/h3-7,9-11,16-17H,1-2,8,12-15,18H2,(H,29,31)(H,30,32). The number of carbonyl (C=O) groups is 2. The summed E-state index contributed by atoms with van der Waals surface area (Å²) >= 11 is 0. The van der Waals surface area contributed by atoms with E-state index in [1.807, 2.05) is 24.3 Å². The van der Waals surface area contributed by atoms with E-state index in [-0.39, 0.29) is 11.8 Å². The maximum absolute atomic E-state index is 12.2. The minimum absolute atomic E-state index is 0.0134. The van der Waals surface area contributed by atoms with Crippen molar-refractivity contribution < 1.29 is 19.1 Å². The van der Waals surface area contributed by atoms with Gasteiger partial charge in [-0.3, -0.25) is 9.59 Å². The third-order valence-electron chi connectivity index (χ3n) is 6.26. The van der Waals surface area contributed by atoms with Gasteiger partial charge >= 0.3 is 0 Å². The second-order valence-electron chi connectivity index (χ2n) is 8.71. The summed E-state index contributed by atoms with van der Waals surface area (Å²) in [5.41, 5.74) is 6.62. The predicted octanol–water partition coefficient (Wildman–Crippen LogP) is 4.65. The van der Waals surface area contributed by atoms with Crippen molar-refractivity contribution in [2.45, 2.75) is 38.6 Å². The molecule has 174 valence electrons. The topological polar surface area (TPSA) is 76.7 Å². The lowest BCUT2D eigenvalue weighted by molar-refractivity contribution is -0.121. The molecule has 0 saturated heterocycles. The summed E-state index contributed by atoms with van der Waals surface area (Å²) < 4.78 is 11.4. The molecule has 2 aliphatic rings. The van der Waals surface area contributed by atoms with Gasteiger partial charge in [0.2, 0.25) is 11.8 Å². The normalized spacial score (nSPS) is 13.9. The van der Waals surface area contributed by atoms with Crippen LogP contribution in [0.3, 0.4) is 0 Å². The van der Waals surface area contributed by atoms with E-state index in [9.17, 15) is 9.59 Å². The van der Waals surface area contributed by atoms with Crippen molar-refractivity contribution in [1.29, 1.82) is 0 Å². The molecule has 2 aliphatic heterocycles. The van der Waals surface area contributed by atoms with E-state index in [0.29, 0.717) is 32.4 Å². The number of rotatable bonds is 8. The summed E-state index contributed by atoms with van der Waals surface area (Å²) in [6.07, 6.45) is 3.25. The van der Waals surface area contributed by atoms with E-state index in [4.69, 9.17) is 9.47 Å². The van der Waals surface area contributed by atoms with Gasteiger partial charge in [-0.2, -0.15) is 0 Å². The number of amides is 2. The molecule has 6 nitrogen and oxygen atoms in total. The van der Waals surface area contributed by atoms with Gasteiger partial charge in [0.05, 0.1) is 13.2 Å². The lowest BCUT2D eigenvalue weighted by Gasteiger charge is -2.17. The number of fused-ring (bicyclic) bond motifs is 2. The largest absolute Gasteiger partial charge is 0.494 e. The highest BCUT2D eigenvalue weighted by molar-refractivity contribution is 5.94. The molecule has 0 bridgehead atoms. The number of aryl methyl sites for hydroxylation is 1. The van der Waals surface area contributed by atoms with Crippen molar-refractivity contribution in [3.8, 4) is 22.6 Å². The maximum atomic E-state index is 12.2. The number of nitrogens with one attached hydrogen (secondary N) is 2. The van der Waals surface area contributed by atoms with E-state index in [1.54, 1.807) is 0 Å². The Morgan fingerprint density at radius 3 is 2.68 bits per heavy atom. The molecule has 6 heteroatoms. The Morgan fingerprint density at radius 1 is 0.941 bits per heavy atom. The SMILES string of the molecule is O=C(CCCOc1ccc2c(c1)CCC(=O)N2)NCc1ccc(-c2ccc3c(c2)CCO3)cc1. The van der Waals surface area contributed by atoms with Gasteiger partial charge in [-0.1, -0.05) is 30.3 Å². The number of benzene rings is 3.